The van der Waals surface area contributed by atoms with Crippen LogP contribution in [0.5, 0.6) is 5.75 Å². The first-order chi connectivity index (χ1) is 16.9. The summed E-state index contributed by atoms with van der Waals surface area (Å²) in [6.07, 6.45) is 1.58. The molecule has 0 radical (unpaired) electrons. The second-order valence-corrected chi connectivity index (χ2v) is 10.3. The number of ether oxygens (including phenoxy) is 1. The van der Waals surface area contributed by atoms with Gasteiger partial charge in [0, 0.05) is 28.0 Å². The van der Waals surface area contributed by atoms with E-state index in [0.29, 0.717) is 23.7 Å². The molecule has 3 aromatic rings. The average molecular weight is 511 g/mol. The highest BCUT2D eigenvalue weighted by atomic mass is 35.5. The maximum Gasteiger partial charge on any atom is 0.254 e. The Balaban J connectivity index is 1.55. The molecule has 0 N–H and O–H groups in total. The number of carbonyl (C=O) groups is 2. The predicted molar refractivity (Wildman–Crippen MR) is 141 cm³/mol. The molecule has 2 unspecified atom stereocenters. The largest absolute Gasteiger partial charge is 0.491 e. The van der Waals surface area contributed by atoms with Gasteiger partial charge in [0.25, 0.3) is 5.91 Å². The van der Waals surface area contributed by atoms with Gasteiger partial charge in [-0.2, -0.15) is 0 Å². The summed E-state index contributed by atoms with van der Waals surface area (Å²) in [5.41, 5.74) is 2.67. The van der Waals surface area contributed by atoms with Gasteiger partial charge in [0.05, 0.1) is 6.04 Å². The van der Waals surface area contributed by atoms with Crippen molar-refractivity contribution in [2.45, 2.75) is 45.7 Å². The number of amides is 2. The van der Waals surface area contributed by atoms with Crippen LogP contribution in [0.1, 0.15) is 52.7 Å². The first kappa shape index (κ1) is 25.3. The zero-order chi connectivity index (χ0) is 24.9. The predicted octanol–water partition coefficient (Wildman–Crippen LogP) is 6.16. The minimum Gasteiger partial charge on any atom is -0.491 e. The Bertz CT molecular complexity index is 1180. The van der Waals surface area contributed by atoms with Gasteiger partial charge in [-0.1, -0.05) is 36.7 Å². The molecule has 7 heteroatoms. The summed E-state index contributed by atoms with van der Waals surface area (Å²) >= 11 is 7.88. The number of benzene rings is 2. The lowest BCUT2D eigenvalue weighted by Gasteiger charge is -2.38. The molecule has 2 aromatic carbocycles. The molecule has 184 valence electrons. The van der Waals surface area contributed by atoms with Gasteiger partial charge in [0.1, 0.15) is 18.9 Å². The van der Waals surface area contributed by atoms with Crippen LogP contribution in [0.25, 0.3) is 0 Å². The quantitative estimate of drug-likeness (QED) is 0.365. The Morgan fingerprint density at radius 1 is 1.20 bits per heavy atom. The Hall–Kier alpha value is -2.83. The van der Waals surface area contributed by atoms with E-state index in [1.165, 1.54) is 4.88 Å². The zero-order valence-electron chi connectivity index (χ0n) is 20.4. The van der Waals surface area contributed by atoms with Gasteiger partial charge in [0.2, 0.25) is 5.91 Å². The fourth-order valence-electron chi connectivity index (χ4n) is 4.39. The van der Waals surface area contributed by atoms with Crippen molar-refractivity contribution >= 4 is 34.8 Å². The number of halogens is 1. The lowest BCUT2D eigenvalue weighted by Crippen LogP contribution is -2.49. The van der Waals surface area contributed by atoms with E-state index in [9.17, 15) is 9.59 Å². The average Bonchev–Trinajstić information content (AvgIpc) is 3.36. The summed E-state index contributed by atoms with van der Waals surface area (Å²) in [6, 6.07) is 16.6. The maximum atomic E-state index is 13.7. The van der Waals surface area contributed by atoms with Gasteiger partial charge in [-0.25, -0.2) is 0 Å². The van der Waals surface area contributed by atoms with Gasteiger partial charge in [-0.15, -0.1) is 11.3 Å². The topological polar surface area (TPSA) is 49.9 Å². The van der Waals surface area contributed by atoms with E-state index in [0.717, 1.165) is 29.7 Å². The summed E-state index contributed by atoms with van der Waals surface area (Å²) in [5, 5.41) is 2.77. The molecule has 5 nitrogen and oxygen atoms in total. The third kappa shape index (κ3) is 5.71. The minimum atomic E-state index is -0.209. The fraction of sp³-hybridized carbons (Fsp3) is 0.357. The van der Waals surface area contributed by atoms with Crippen LogP contribution in [0.15, 0.2) is 60.0 Å². The molecule has 4 rings (SSSR count). The number of nitrogens with zero attached hydrogens (tertiary/aromatic N) is 2. The smallest absolute Gasteiger partial charge is 0.254 e. The number of hydrogen-bond acceptors (Lipinski definition) is 4. The summed E-state index contributed by atoms with van der Waals surface area (Å²) in [4.78, 5) is 31.8. The molecular weight excluding hydrogens is 480 g/mol. The van der Waals surface area contributed by atoms with Crippen LogP contribution in [-0.4, -0.2) is 47.4 Å². The zero-order valence-corrected chi connectivity index (χ0v) is 21.9. The Labute approximate surface area is 216 Å². The van der Waals surface area contributed by atoms with Crippen molar-refractivity contribution in [1.29, 1.82) is 0 Å². The summed E-state index contributed by atoms with van der Waals surface area (Å²) in [7, 11) is 0. The molecule has 35 heavy (non-hydrogen) atoms. The Morgan fingerprint density at radius 2 is 1.97 bits per heavy atom. The number of carbonyl (C=O) groups excluding carboxylic acids is 2. The van der Waals surface area contributed by atoms with Gasteiger partial charge in [-0.05, 0) is 79.6 Å². The third-order valence-corrected chi connectivity index (χ3v) is 8.08. The SMILES string of the molecule is CCC(C)N(CC(=O)N1CCc2sccc2C1COc1ccc(Cl)c(C)c1)C(=O)c1ccccc1. The molecule has 0 bridgehead atoms. The molecule has 2 heterocycles. The lowest BCUT2D eigenvalue weighted by molar-refractivity contribution is -0.136. The van der Waals surface area contributed by atoms with Crippen molar-refractivity contribution in [2.75, 3.05) is 19.7 Å². The Morgan fingerprint density at radius 3 is 2.69 bits per heavy atom. The van der Waals surface area contributed by atoms with Gasteiger partial charge in [0.15, 0.2) is 0 Å². The van der Waals surface area contributed by atoms with E-state index in [1.807, 2.05) is 62.1 Å². The maximum absolute atomic E-state index is 13.7. The molecule has 1 aromatic heterocycles. The van der Waals surface area contributed by atoms with Gasteiger partial charge >= 0.3 is 0 Å². The van der Waals surface area contributed by atoms with Crippen molar-refractivity contribution in [3.63, 3.8) is 0 Å². The molecule has 0 saturated carbocycles. The monoisotopic (exact) mass is 510 g/mol. The molecular formula is C28H31ClN2O3S. The highest BCUT2D eigenvalue weighted by molar-refractivity contribution is 7.10. The molecule has 0 saturated heterocycles. The van der Waals surface area contributed by atoms with Crippen molar-refractivity contribution in [1.82, 2.24) is 9.80 Å². The van der Waals surface area contributed by atoms with Crippen molar-refractivity contribution in [3.05, 3.63) is 86.6 Å². The summed E-state index contributed by atoms with van der Waals surface area (Å²) < 4.78 is 6.15. The molecule has 0 aliphatic carbocycles. The van der Waals surface area contributed by atoms with Crippen molar-refractivity contribution < 1.29 is 14.3 Å². The van der Waals surface area contributed by atoms with Crippen LogP contribution in [0.4, 0.5) is 0 Å². The van der Waals surface area contributed by atoms with E-state index in [1.54, 1.807) is 28.4 Å². The lowest BCUT2D eigenvalue weighted by atomic mass is 10.00. The van der Waals surface area contributed by atoms with Crippen LogP contribution in [0.2, 0.25) is 5.02 Å². The minimum absolute atomic E-state index is 0.0404. The fourth-order valence-corrected chi connectivity index (χ4v) is 5.43. The molecule has 1 aliphatic rings. The number of rotatable bonds is 8. The van der Waals surface area contributed by atoms with Crippen LogP contribution >= 0.6 is 22.9 Å². The first-order valence-corrected chi connectivity index (χ1v) is 13.3. The molecule has 1 aliphatic heterocycles. The van der Waals surface area contributed by atoms with Crippen LogP contribution in [0.3, 0.4) is 0 Å². The van der Waals surface area contributed by atoms with Gasteiger partial charge < -0.3 is 14.5 Å². The molecule has 2 amide bonds. The van der Waals surface area contributed by atoms with E-state index in [2.05, 4.69) is 11.4 Å². The number of fused-ring (bicyclic) bond motifs is 1. The second kappa shape index (κ2) is 11.3. The van der Waals surface area contributed by atoms with Crippen molar-refractivity contribution in [2.24, 2.45) is 0 Å². The third-order valence-electron chi connectivity index (χ3n) is 6.66. The van der Waals surface area contributed by atoms with E-state index < -0.39 is 0 Å². The second-order valence-electron chi connectivity index (χ2n) is 8.93. The molecule has 2 atom stereocenters. The van der Waals surface area contributed by atoms with E-state index in [4.69, 9.17) is 16.3 Å². The first-order valence-electron chi connectivity index (χ1n) is 12.0. The van der Waals surface area contributed by atoms with Crippen LogP contribution in [0, 0.1) is 6.92 Å². The van der Waals surface area contributed by atoms with Crippen LogP contribution in [-0.2, 0) is 11.2 Å². The standard InChI is InChI=1S/C28H31ClN2O3S/c1-4-20(3)31(28(33)21-8-6-5-7-9-21)17-27(32)30-14-12-26-23(13-15-35-26)25(30)18-34-22-10-11-24(29)19(2)16-22/h5-11,13,15-16,20,25H,4,12,14,17-18H2,1-3H3. The number of aryl methyl sites for hydroxylation is 1. The van der Waals surface area contributed by atoms with E-state index in [-0.39, 0.29) is 30.4 Å². The highest BCUT2D eigenvalue weighted by Crippen LogP contribution is 2.34. The highest BCUT2D eigenvalue weighted by Gasteiger charge is 2.34. The number of hydrogen-bond donors (Lipinski definition) is 0. The number of thiophene rings is 1. The van der Waals surface area contributed by atoms with Crippen molar-refractivity contribution in [3.8, 4) is 5.75 Å². The van der Waals surface area contributed by atoms with Gasteiger partial charge in [-0.3, -0.25) is 9.59 Å². The molecule has 0 fully saturated rings. The Kier molecular flexibility index (Phi) is 8.14. The molecule has 0 spiro atoms. The normalized spacial score (nSPS) is 15.9. The summed E-state index contributed by atoms with van der Waals surface area (Å²) in [6.45, 7) is 6.95. The van der Waals surface area contributed by atoms with Crippen LogP contribution < -0.4 is 4.74 Å². The summed E-state index contributed by atoms with van der Waals surface area (Å²) in [5.74, 6) is 0.542. The van der Waals surface area contributed by atoms with E-state index >= 15 is 0 Å².